The highest BCUT2D eigenvalue weighted by Gasteiger charge is 2.29. The van der Waals surface area contributed by atoms with Gasteiger partial charge in [-0.3, -0.25) is 9.69 Å². The molecule has 8 heteroatoms. The summed E-state index contributed by atoms with van der Waals surface area (Å²) < 4.78 is 33.8. The smallest absolute Gasteiger partial charge is 0.243 e. The number of carbonyl (C=O) groups excluding carboxylic acids is 1. The molecule has 6 nitrogen and oxygen atoms in total. The molecule has 0 atom stereocenters. The quantitative estimate of drug-likeness (QED) is 0.566. The first-order chi connectivity index (χ1) is 13.8. The highest BCUT2D eigenvalue weighted by molar-refractivity contribution is 9.10. The minimum atomic E-state index is -3.51. The molecule has 29 heavy (non-hydrogen) atoms. The van der Waals surface area contributed by atoms with Crippen LogP contribution in [-0.2, 0) is 16.6 Å². The Bertz CT molecular complexity index is 986. The van der Waals surface area contributed by atoms with Gasteiger partial charge in [-0.25, -0.2) is 8.42 Å². The number of benzene rings is 2. The summed E-state index contributed by atoms with van der Waals surface area (Å²) in [7, 11) is -3.51. The topological polar surface area (TPSA) is 66.9 Å². The van der Waals surface area contributed by atoms with Gasteiger partial charge in [0.1, 0.15) is 5.75 Å². The lowest BCUT2D eigenvalue weighted by Crippen LogP contribution is -2.48. The Balaban J connectivity index is 1.70. The van der Waals surface area contributed by atoms with Gasteiger partial charge in [0.25, 0.3) is 0 Å². The van der Waals surface area contributed by atoms with Crippen LogP contribution < -0.4 is 4.74 Å². The molecule has 0 bridgehead atoms. The number of halogens is 1. The molecule has 1 fully saturated rings. The lowest BCUT2D eigenvalue weighted by molar-refractivity contribution is 0.101. The van der Waals surface area contributed by atoms with Crippen LogP contribution >= 0.6 is 15.9 Å². The molecule has 1 aliphatic heterocycles. The number of ketones is 1. The van der Waals surface area contributed by atoms with Crippen molar-refractivity contribution in [1.29, 1.82) is 0 Å². The van der Waals surface area contributed by atoms with Crippen LogP contribution in [0.1, 0.15) is 29.8 Å². The molecule has 0 aliphatic carbocycles. The van der Waals surface area contributed by atoms with Gasteiger partial charge in [-0.2, -0.15) is 4.31 Å². The van der Waals surface area contributed by atoms with Crippen LogP contribution in [0.4, 0.5) is 0 Å². The van der Waals surface area contributed by atoms with E-state index in [1.165, 1.54) is 4.31 Å². The van der Waals surface area contributed by atoms with Crippen molar-refractivity contribution in [2.24, 2.45) is 0 Å². The van der Waals surface area contributed by atoms with Crippen molar-refractivity contribution in [2.75, 3.05) is 32.8 Å². The van der Waals surface area contributed by atoms with Gasteiger partial charge in [-0.15, -0.1) is 0 Å². The molecule has 0 unspecified atom stereocenters. The fourth-order valence-corrected chi connectivity index (χ4v) is 5.38. The van der Waals surface area contributed by atoms with Crippen LogP contribution in [0.2, 0.25) is 0 Å². The van der Waals surface area contributed by atoms with E-state index in [0.717, 1.165) is 15.8 Å². The first-order valence-electron chi connectivity index (χ1n) is 9.56. The van der Waals surface area contributed by atoms with Crippen LogP contribution in [0.15, 0.2) is 51.8 Å². The second-order valence-electron chi connectivity index (χ2n) is 6.95. The van der Waals surface area contributed by atoms with Crippen LogP contribution in [0.5, 0.6) is 5.75 Å². The van der Waals surface area contributed by atoms with Crippen molar-refractivity contribution in [3.05, 3.63) is 58.1 Å². The van der Waals surface area contributed by atoms with Gasteiger partial charge in [-0.1, -0.05) is 22.0 Å². The van der Waals surface area contributed by atoms with Gasteiger partial charge in [0, 0.05) is 48.3 Å². The van der Waals surface area contributed by atoms with Crippen molar-refractivity contribution in [1.82, 2.24) is 9.21 Å². The third-order valence-corrected chi connectivity index (χ3v) is 7.31. The average molecular weight is 481 g/mol. The van der Waals surface area contributed by atoms with Gasteiger partial charge in [-0.05, 0) is 50.2 Å². The summed E-state index contributed by atoms with van der Waals surface area (Å²) in [5.41, 5.74) is 1.60. The van der Waals surface area contributed by atoms with E-state index in [0.29, 0.717) is 49.8 Å². The molecule has 156 valence electrons. The van der Waals surface area contributed by atoms with E-state index >= 15 is 0 Å². The summed E-state index contributed by atoms with van der Waals surface area (Å²) in [5, 5.41) is 0. The Labute approximate surface area is 180 Å². The summed E-state index contributed by atoms with van der Waals surface area (Å²) in [6.45, 7) is 6.70. The molecule has 0 spiro atoms. The number of sulfonamides is 1. The fourth-order valence-electron chi connectivity index (χ4n) is 3.36. The Hall–Kier alpha value is -1.74. The highest BCUT2D eigenvalue weighted by atomic mass is 79.9. The van der Waals surface area contributed by atoms with Crippen LogP contribution in [0.25, 0.3) is 0 Å². The summed E-state index contributed by atoms with van der Waals surface area (Å²) in [6.07, 6.45) is 0. The predicted molar refractivity (Wildman–Crippen MR) is 116 cm³/mol. The first kappa shape index (κ1) is 22.0. The highest BCUT2D eigenvalue weighted by Crippen LogP contribution is 2.25. The number of carbonyl (C=O) groups is 1. The number of piperazine rings is 1. The molecule has 1 saturated heterocycles. The van der Waals surface area contributed by atoms with Gasteiger partial charge < -0.3 is 4.74 Å². The molecule has 0 saturated carbocycles. The van der Waals surface area contributed by atoms with Gasteiger partial charge in [0.15, 0.2) is 5.78 Å². The fraction of sp³-hybridized carbons (Fsp3) is 0.381. The maximum absolute atomic E-state index is 12.9. The molecule has 0 radical (unpaired) electrons. The zero-order valence-corrected chi connectivity index (χ0v) is 19.0. The van der Waals surface area contributed by atoms with Crippen molar-refractivity contribution in [2.45, 2.75) is 25.3 Å². The van der Waals surface area contributed by atoms with Crippen LogP contribution in [-0.4, -0.2) is 56.2 Å². The molecular weight excluding hydrogens is 456 g/mol. The number of rotatable bonds is 7. The summed E-state index contributed by atoms with van der Waals surface area (Å²) in [5.74, 6) is 0.779. The van der Waals surface area contributed by atoms with Crippen LogP contribution in [0, 0.1) is 0 Å². The van der Waals surface area contributed by atoms with E-state index in [9.17, 15) is 13.2 Å². The number of hydrogen-bond donors (Lipinski definition) is 0. The van der Waals surface area contributed by atoms with E-state index in [1.54, 1.807) is 31.2 Å². The van der Waals surface area contributed by atoms with Crippen molar-refractivity contribution >= 4 is 31.7 Å². The van der Waals surface area contributed by atoms with Crippen LogP contribution in [0.3, 0.4) is 0 Å². The molecule has 2 aromatic rings. The summed E-state index contributed by atoms with van der Waals surface area (Å²) in [6, 6.07) is 12.3. The largest absolute Gasteiger partial charge is 0.494 e. The zero-order chi connectivity index (χ0) is 21.0. The average Bonchev–Trinajstić information content (AvgIpc) is 2.70. The third kappa shape index (κ3) is 5.25. The monoisotopic (exact) mass is 480 g/mol. The SMILES string of the molecule is CCOc1ccc(C(C)=O)cc1CN1CCN(S(=O)(=O)c2cccc(Br)c2)CC1. The van der Waals surface area contributed by atoms with Gasteiger partial charge >= 0.3 is 0 Å². The number of ether oxygens (including phenoxy) is 1. The molecule has 1 heterocycles. The molecule has 1 aliphatic rings. The molecule has 3 rings (SSSR count). The molecule has 2 aromatic carbocycles. The molecule has 0 amide bonds. The van der Waals surface area contributed by atoms with E-state index in [-0.39, 0.29) is 5.78 Å². The molecular formula is C21H25BrN2O4S. The van der Waals surface area contributed by atoms with Gasteiger partial charge in [0.2, 0.25) is 10.0 Å². The second-order valence-corrected chi connectivity index (χ2v) is 9.80. The second kappa shape index (κ2) is 9.38. The third-order valence-electron chi connectivity index (χ3n) is 4.93. The predicted octanol–water partition coefficient (Wildman–Crippen LogP) is 3.56. The number of nitrogens with zero attached hydrogens (tertiary/aromatic N) is 2. The van der Waals surface area contributed by atoms with E-state index in [1.807, 2.05) is 25.1 Å². The van der Waals surface area contributed by atoms with E-state index in [4.69, 9.17) is 4.74 Å². The normalized spacial score (nSPS) is 16.0. The lowest BCUT2D eigenvalue weighted by atomic mass is 10.1. The van der Waals surface area contributed by atoms with Crippen molar-refractivity contribution in [3.63, 3.8) is 0 Å². The minimum absolute atomic E-state index is 0.0132. The lowest BCUT2D eigenvalue weighted by Gasteiger charge is -2.34. The summed E-state index contributed by atoms with van der Waals surface area (Å²) >= 11 is 3.33. The Morgan fingerprint density at radius 3 is 2.45 bits per heavy atom. The molecule has 0 aromatic heterocycles. The standard InChI is InChI=1S/C21H25BrN2O4S/c1-3-28-21-8-7-17(16(2)25)13-18(21)15-23-9-11-24(12-10-23)29(26,27)20-6-4-5-19(22)14-20/h4-8,13-14H,3,9-12,15H2,1-2H3. The molecule has 0 N–H and O–H groups in total. The number of Topliss-reactive ketones (excluding diaryl/α,β-unsaturated/α-hetero) is 1. The Morgan fingerprint density at radius 1 is 1.10 bits per heavy atom. The van der Waals surface area contributed by atoms with Crippen molar-refractivity contribution in [3.8, 4) is 5.75 Å². The van der Waals surface area contributed by atoms with Gasteiger partial charge in [0.05, 0.1) is 11.5 Å². The Morgan fingerprint density at radius 2 is 1.83 bits per heavy atom. The van der Waals surface area contributed by atoms with Crippen molar-refractivity contribution < 1.29 is 17.9 Å². The maximum Gasteiger partial charge on any atom is 0.243 e. The minimum Gasteiger partial charge on any atom is -0.494 e. The maximum atomic E-state index is 12.9. The van der Waals surface area contributed by atoms with E-state index in [2.05, 4.69) is 20.8 Å². The number of hydrogen-bond acceptors (Lipinski definition) is 5. The Kier molecular flexibility index (Phi) is 7.10. The van der Waals surface area contributed by atoms with E-state index < -0.39 is 10.0 Å². The zero-order valence-electron chi connectivity index (χ0n) is 16.6. The first-order valence-corrected chi connectivity index (χ1v) is 11.8. The summed E-state index contributed by atoms with van der Waals surface area (Å²) in [4.78, 5) is 14.2.